The maximum Gasteiger partial charge on any atom is 0.306 e. The van der Waals surface area contributed by atoms with Crippen LogP contribution < -0.4 is 0 Å². The van der Waals surface area contributed by atoms with E-state index in [-0.39, 0.29) is 25.2 Å². The number of hydrogen-bond donors (Lipinski definition) is 0. The van der Waals surface area contributed by atoms with Crippen LogP contribution in [-0.2, 0) is 23.8 Å². The van der Waals surface area contributed by atoms with Gasteiger partial charge in [0.15, 0.2) is 6.10 Å². The SMILES string of the molecule is CCCCC/C=C\C/C=C\CCCCCCCCCC(=O)OCC(COCCCCCCCCCCCCCC)OC(=O)CCCCCCC/C=C\CCCCCC. The van der Waals surface area contributed by atoms with E-state index in [0.29, 0.717) is 19.4 Å². The van der Waals surface area contributed by atoms with Crippen molar-refractivity contribution in [3.63, 3.8) is 0 Å². The molecule has 0 N–H and O–H groups in total. The van der Waals surface area contributed by atoms with Gasteiger partial charge in [-0.05, 0) is 77.0 Å². The summed E-state index contributed by atoms with van der Waals surface area (Å²) in [5.74, 6) is -0.404. The fourth-order valence-corrected chi connectivity index (χ4v) is 7.30. The van der Waals surface area contributed by atoms with Gasteiger partial charge in [0.2, 0.25) is 0 Å². The molecule has 0 amide bonds. The van der Waals surface area contributed by atoms with Crippen molar-refractivity contribution in [2.75, 3.05) is 19.8 Å². The minimum absolute atomic E-state index is 0.0822. The van der Waals surface area contributed by atoms with E-state index < -0.39 is 6.10 Å². The number of esters is 2. The molecule has 0 heterocycles. The number of carbonyl (C=O) groups excluding carboxylic acids is 2. The van der Waals surface area contributed by atoms with Gasteiger partial charge < -0.3 is 14.2 Å². The maximum absolute atomic E-state index is 12.8. The van der Waals surface area contributed by atoms with Crippen LogP contribution in [0, 0.1) is 0 Å². The summed E-state index contributed by atoms with van der Waals surface area (Å²) in [5, 5.41) is 0. The smallest absolute Gasteiger partial charge is 0.306 e. The molecule has 0 aliphatic heterocycles. The van der Waals surface area contributed by atoms with Gasteiger partial charge in [-0.15, -0.1) is 0 Å². The van der Waals surface area contributed by atoms with E-state index in [1.54, 1.807) is 0 Å². The van der Waals surface area contributed by atoms with Gasteiger partial charge in [-0.25, -0.2) is 0 Å². The third kappa shape index (κ3) is 46.8. The second kappa shape index (κ2) is 49.5. The Morgan fingerprint density at radius 1 is 0.379 bits per heavy atom. The number of hydrogen-bond acceptors (Lipinski definition) is 5. The standard InChI is InChI=1S/C53H98O5/c1-4-7-10-13-16-19-22-25-26-27-28-30-31-34-37-40-43-46-52(54)57-50-51(49-56-48-45-42-39-36-33-24-21-18-15-12-9-6-3)58-53(55)47-44-41-38-35-32-29-23-20-17-14-11-8-5-2/h16,19-20,23,25-26,51H,4-15,17-18,21-22,24,27-50H2,1-3H3/b19-16-,23-20-,26-25-. The molecule has 0 aliphatic rings. The molecule has 0 aromatic carbocycles. The molecule has 0 aliphatic carbocycles. The Labute approximate surface area is 361 Å². The molecule has 0 saturated carbocycles. The lowest BCUT2D eigenvalue weighted by Crippen LogP contribution is -2.30. The molecule has 0 fully saturated rings. The first kappa shape index (κ1) is 56.1. The number of carbonyl (C=O) groups is 2. The summed E-state index contributed by atoms with van der Waals surface area (Å²) in [4.78, 5) is 25.3. The van der Waals surface area contributed by atoms with Crippen LogP contribution in [0.2, 0.25) is 0 Å². The van der Waals surface area contributed by atoms with Gasteiger partial charge in [0.05, 0.1) is 6.61 Å². The van der Waals surface area contributed by atoms with Crippen LogP contribution in [0.3, 0.4) is 0 Å². The normalized spacial score (nSPS) is 12.4. The monoisotopic (exact) mass is 815 g/mol. The first-order valence-corrected chi connectivity index (χ1v) is 25.5. The van der Waals surface area contributed by atoms with Crippen molar-refractivity contribution in [1.29, 1.82) is 0 Å². The third-order valence-corrected chi connectivity index (χ3v) is 11.1. The molecular formula is C53H98O5. The van der Waals surface area contributed by atoms with Crippen molar-refractivity contribution >= 4 is 11.9 Å². The Morgan fingerprint density at radius 3 is 1.21 bits per heavy atom. The molecule has 1 atom stereocenters. The van der Waals surface area contributed by atoms with Gasteiger partial charge >= 0.3 is 11.9 Å². The molecule has 0 saturated heterocycles. The van der Waals surface area contributed by atoms with Gasteiger partial charge in [-0.2, -0.15) is 0 Å². The molecule has 0 bridgehead atoms. The number of allylic oxidation sites excluding steroid dienone is 6. The summed E-state index contributed by atoms with van der Waals surface area (Å²) in [7, 11) is 0. The highest BCUT2D eigenvalue weighted by atomic mass is 16.6. The van der Waals surface area contributed by atoms with Crippen LogP contribution >= 0.6 is 0 Å². The molecular weight excluding hydrogens is 717 g/mol. The van der Waals surface area contributed by atoms with E-state index in [9.17, 15) is 9.59 Å². The first-order chi connectivity index (χ1) is 28.6. The zero-order chi connectivity index (χ0) is 42.1. The molecule has 0 spiro atoms. The van der Waals surface area contributed by atoms with Gasteiger partial charge in [0.1, 0.15) is 6.61 Å². The van der Waals surface area contributed by atoms with Crippen LogP contribution in [0.5, 0.6) is 0 Å². The van der Waals surface area contributed by atoms with E-state index in [1.165, 1.54) is 173 Å². The minimum Gasteiger partial charge on any atom is -0.462 e. The lowest BCUT2D eigenvalue weighted by Gasteiger charge is -2.18. The zero-order valence-electron chi connectivity index (χ0n) is 39.1. The van der Waals surface area contributed by atoms with Crippen LogP contribution in [0.25, 0.3) is 0 Å². The summed E-state index contributed by atoms with van der Waals surface area (Å²) in [5.41, 5.74) is 0. The molecule has 0 aromatic heterocycles. The number of rotatable bonds is 47. The molecule has 0 aromatic rings. The molecule has 340 valence electrons. The maximum atomic E-state index is 12.8. The second-order valence-electron chi connectivity index (χ2n) is 17.1. The molecule has 1 unspecified atom stereocenters. The zero-order valence-corrected chi connectivity index (χ0v) is 39.1. The van der Waals surface area contributed by atoms with E-state index in [0.717, 1.165) is 57.8 Å². The van der Waals surface area contributed by atoms with Crippen LogP contribution in [0.4, 0.5) is 0 Å². The first-order valence-electron chi connectivity index (χ1n) is 25.5. The summed E-state index contributed by atoms with van der Waals surface area (Å²) in [6, 6.07) is 0. The van der Waals surface area contributed by atoms with Gasteiger partial charge in [0.25, 0.3) is 0 Å². The van der Waals surface area contributed by atoms with Crippen LogP contribution in [-0.4, -0.2) is 37.9 Å². The molecule has 0 radical (unpaired) electrons. The van der Waals surface area contributed by atoms with Gasteiger partial charge in [-0.1, -0.05) is 211 Å². The number of ether oxygens (including phenoxy) is 3. The highest BCUT2D eigenvalue weighted by molar-refractivity contribution is 5.70. The Kier molecular flexibility index (Phi) is 47.9. The van der Waals surface area contributed by atoms with Crippen molar-refractivity contribution < 1.29 is 23.8 Å². The predicted octanol–water partition coefficient (Wildman–Crippen LogP) is 17.0. The average molecular weight is 815 g/mol. The average Bonchev–Trinajstić information content (AvgIpc) is 3.22. The summed E-state index contributed by atoms with van der Waals surface area (Å²) in [6.45, 7) is 7.81. The fourth-order valence-electron chi connectivity index (χ4n) is 7.30. The summed E-state index contributed by atoms with van der Waals surface area (Å²) in [6.07, 6.45) is 58.5. The van der Waals surface area contributed by atoms with E-state index in [1.807, 2.05) is 0 Å². The van der Waals surface area contributed by atoms with Gasteiger partial charge in [-0.3, -0.25) is 9.59 Å². The lowest BCUT2D eigenvalue weighted by atomic mass is 10.1. The van der Waals surface area contributed by atoms with E-state index in [2.05, 4.69) is 57.2 Å². The second-order valence-corrected chi connectivity index (χ2v) is 17.1. The quantitative estimate of drug-likeness (QED) is 0.0348. The number of unbranched alkanes of at least 4 members (excludes halogenated alkanes) is 30. The Balaban J connectivity index is 4.24. The van der Waals surface area contributed by atoms with E-state index in [4.69, 9.17) is 14.2 Å². The third-order valence-electron chi connectivity index (χ3n) is 11.1. The largest absolute Gasteiger partial charge is 0.462 e. The Hall–Kier alpha value is -1.88. The highest BCUT2D eigenvalue weighted by Crippen LogP contribution is 2.14. The summed E-state index contributed by atoms with van der Waals surface area (Å²) < 4.78 is 17.4. The van der Waals surface area contributed by atoms with Crippen molar-refractivity contribution in [2.45, 2.75) is 271 Å². The highest BCUT2D eigenvalue weighted by Gasteiger charge is 2.17. The molecule has 58 heavy (non-hydrogen) atoms. The Bertz CT molecular complexity index is 924. The predicted molar refractivity (Wildman–Crippen MR) is 252 cm³/mol. The lowest BCUT2D eigenvalue weighted by molar-refractivity contribution is -0.163. The van der Waals surface area contributed by atoms with E-state index >= 15 is 0 Å². The molecule has 5 heteroatoms. The van der Waals surface area contributed by atoms with Gasteiger partial charge in [0, 0.05) is 19.4 Å². The van der Waals surface area contributed by atoms with Crippen molar-refractivity contribution in [3.05, 3.63) is 36.5 Å². The van der Waals surface area contributed by atoms with Crippen molar-refractivity contribution in [2.24, 2.45) is 0 Å². The summed E-state index contributed by atoms with van der Waals surface area (Å²) >= 11 is 0. The topological polar surface area (TPSA) is 61.8 Å². The van der Waals surface area contributed by atoms with Crippen LogP contribution in [0.1, 0.15) is 265 Å². The molecule has 5 nitrogen and oxygen atoms in total. The minimum atomic E-state index is -0.538. The molecule has 0 rings (SSSR count). The van der Waals surface area contributed by atoms with Crippen LogP contribution in [0.15, 0.2) is 36.5 Å². The fraction of sp³-hybridized carbons (Fsp3) is 0.849. The Morgan fingerprint density at radius 2 is 0.724 bits per heavy atom. The van der Waals surface area contributed by atoms with Crippen molar-refractivity contribution in [1.82, 2.24) is 0 Å². The van der Waals surface area contributed by atoms with Crippen molar-refractivity contribution in [3.8, 4) is 0 Å².